The lowest BCUT2D eigenvalue weighted by Crippen LogP contribution is -2.28. The summed E-state index contributed by atoms with van der Waals surface area (Å²) in [4.78, 5) is 18.1. The average molecular weight is 259 g/mol. The first kappa shape index (κ1) is 13.1. The molecule has 0 fully saturated rings. The van der Waals surface area contributed by atoms with Crippen LogP contribution in [0.3, 0.4) is 0 Å². The molecule has 2 rings (SSSR count). The van der Waals surface area contributed by atoms with Crippen LogP contribution in [0.5, 0.6) is 0 Å². The van der Waals surface area contributed by atoms with Crippen molar-refractivity contribution in [1.29, 1.82) is 0 Å². The van der Waals surface area contributed by atoms with Crippen molar-refractivity contribution < 1.29 is 0 Å². The van der Waals surface area contributed by atoms with Gasteiger partial charge in [-0.05, 0) is 31.5 Å². The third kappa shape index (κ3) is 3.56. The van der Waals surface area contributed by atoms with Crippen molar-refractivity contribution in [2.45, 2.75) is 19.9 Å². The van der Waals surface area contributed by atoms with Crippen LogP contribution in [0.25, 0.3) is 0 Å². The van der Waals surface area contributed by atoms with Crippen molar-refractivity contribution in [3.63, 3.8) is 0 Å². The smallest absolute Gasteiger partial charge is 0.252 e. The molecule has 6 nitrogen and oxygen atoms in total. The molecule has 1 atom stereocenters. The molecule has 0 bridgehead atoms. The lowest BCUT2D eigenvalue weighted by atomic mass is 10.1. The Bertz CT molecular complexity index is 605. The highest BCUT2D eigenvalue weighted by Crippen LogP contribution is 2.13. The lowest BCUT2D eigenvalue weighted by Gasteiger charge is -2.15. The topological polar surface area (TPSA) is 95.8 Å². The monoisotopic (exact) mass is 259 g/mol. The van der Waals surface area contributed by atoms with Gasteiger partial charge in [-0.15, -0.1) is 0 Å². The third-order valence-electron chi connectivity index (χ3n) is 2.71. The van der Waals surface area contributed by atoms with Crippen molar-refractivity contribution in [2.24, 2.45) is 0 Å². The number of nitrogens with zero attached hydrogens (tertiary/aromatic N) is 1. The van der Waals surface area contributed by atoms with E-state index in [1.54, 1.807) is 6.92 Å². The van der Waals surface area contributed by atoms with Crippen molar-refractivity contribution in [3.8, 4) is 0 Å². The molecule has 0 radical (unpaired) electrons. The van der Waals surface area contributed by atoms with Crippen LogP contribution in [0, 0.1) is 6.92 Å². The van der Waals surface area contributed by atoms with Gasteiger partial charge in [-0.2, -0.15) is 0 Å². The van der Waals surface area contributed by atoms with E-state index in [0.717, 1.165) is 11.3 Å². The van der Waals surface area contributed by atoms with E-state index in [2.05, 4.69) is 20.8 Å². The van der Waals surface area contributed by atoms with Crippen LogP contribution < -0.4 is 22.1 Å². The number of aryl methyl sites for hydroxylation is 1. The molecule has 0 aliphatic heterocycles. The number of rotatable bonds is 4. The maximum absolute atomic E-state index is 11.3. The maximum atomic E-state index is 11.3. The molecule has 0 aliphatic carbocycles. The van der Waals surface area contributed by atoms with Crippen LogP contribution in [0.4, 0.5) is 11.6 Å². The first-order chi connectivity index (χ1) is 9.04. The summed E-state index contributed by atoms with van der Waals surface area (Å²) < 4.78 is 0. The largest absolute Gasteiger partial charge is 0.399 e. The number of H-pyrrole nitrogens is 1. The summed E-state index contributed by atoms with van der Waals surface area (Å²) in [7, 11) is 0. The number of benzene rings is 1. The fraction of sp³-hybridized carbons (Fsp3) is 0.231. The third-order valence-corrected chi connectivity index (χ3v) is 2.71. The molecule has 1 aromatic carbocycles. The minimum atomic E-state index is -0.183. The van der Waals surface area contributed by atoms with Crippen LogP contribution in [-0.4, -0.2) is 9.97 Å². The Balaban J connectivity index is 2.01. The molecular weight excluding hydrogens is 242 g/mol. The van der Waals surface area contributed by atoms with Gasteiger partial charge >= 0.3 is 0 Å². The Labute approximate surface area is 111 Å². The molecule has 1 aromatic heterocycles. The fourth-order valence-corrected chi connectivity index (χ4v) is 1.68. The van der Waals surface area contributed by atoms with Gasteiger partial charge in [0.1, 0.15) is 0 Å². The number of aromatic nitrogens is 2. The van der Waals surface area contributed by atoms with Gasteiger partial charge in [0.2, 0.25) is 5.95 Å². The van der Waals surface area contributed by atoms with E-state index in [-0.39, 0.29) is 11.6 Å². The zero-order valence-electron chi connectivity index (χ0n) is 10.9. The van der Waals surface area contributed by atoms with E-state index in [1.807, 2.05) is 31.2 Å². The molecule has 0 amide bonds. The minimum absolute atomic E-state index is 0.0476. The molecule has 6 heteroatoms. The number of anilines is 2. The summed E-state index contributed by atoms with van der Waals surface area (Å²) in [6, 6.07) is 9.07. The van der Waals surface area contributed by atoms with Crippen LogP contribution in [0.15, 0.2) is 35.1 Å². The Kier molecular flexibility index (Phi) is 3.82. The van der Waals surface area contributed by atoms with Crippen molar-refractivity contribution in [1.82, 2.24) is 15.4 Å². The molecule has 1 heterocycles. The zero-order valence-corrected chi connectivity index (χ0v) is 10.9. The van der Waals surface area contributed by atoms with E-state index in [9.17, 15) is 4.79 Å². The van der Waals surface area contributed by atoms with E-state index in [1.165, 1.54) is 6.07 Å². The number of aromatic amines is 1. The number of hydrazine groups is 1. The molecular formula is C13H17N5O. The van der Waals surface area contributed by atoms with E-state index >= 15 is 0 Å². The Morgan fingerprint density at radius 3 is 2.63 bits per heavy atom. The van der Waals surface area contributed by atoms with Crippen LogP contribution in [0.1, 0.15) is 24.2 Å². The first-order valence-corrected chi connectivity index (χ1v) is 5.99. The highest BCUT2D eigenvalue weighted by atomic mass is 16.1. The van der Waals surface area contributed by atoms with Gasteiger partial charge in [-0.1, -0.05) is 12.1 Å². The minimum Gasteiger partial charge on any atom is -0.399 e. The van der Waals surface area contributed by atoms with Gasteiger partial charge in [0, 0.05) is 23.5 Å². The van der Waals surface area contributed by atoms with Crippen LogP contribution in [0.2, 0.25) is 0 Å². The Morgan fingerprint density at radius 2 is 2.00 bits per heavy atom. The standard InChI is InChI=1S/C13H17N5O/c1-8-7-12(19)16-13(15-8)18-17-9(2)10-3-5-11(14)6-4-10/h3-7,9,17H,14H2,1-2H3,(H2,15,16,18,19). The highest BCUT2D eigenvalue weighted by molar-refractivity contribution is 5.40. The number of hydrogen-bond acceptors (Lipinski definition) is 5. The van der Waals surface area contributed by atoms with E-state index in [0.29, 0.717) is 11.6 Å². The SMILES string of the molecule is Cc1cc(=O)[nH]c(NNC(C)c2ccc(N)cc2)n1. The first-order valence-electron chi connectivity index (χ1n) is 5.99. The summed E-state index contributed by atoms with van der Waals surface area (Å²) in [5.41, 5.74) is 13.9. The second-order valence-corrected chi connectivity index (χ2v) is 4.39. The van der Waals surface area contributed by atoms with Gasteiger partial charge in [0.25, 0.3) is 5.56 Å². The quantitative estimate of drug-likeness (QED) is 0.491. The predicted octanol–water partition coefficient (Wildman–Crippen LogP) is 1.34. The molecule has 5 N–H and O–H groups in total. The number of nitrogens with two attached hydrogens (primary N) is 1. The number of nitrogen functional groups attached to an aromatic ring is 1. The molecule has 100 valence electrons. The summed E-state index contributed by atoms with van der Waals surface area (Å²) >= 11 is 0. The molecule has 0 saturated carbocycles. The molecule has 19 heavy (non-hydrogen) atoms. The van der Waals surface area contributed by atoms with Crippen molar-refractivity contribution in [2.75, 3.05) is 11.2 Å². The summed E-state index contributed by atoms with van der Waals surface area (Å²) in [5.74, 6) is 0.396. The number of hydrogen-bond donors (Lipinski definition) is 4. The van der Waals surface area contributed by atoms with Gasteiger partial charge in [-0.3, -0.25) is 15.2 Å². The maximum Gasteiger partial charge on any atom is 0.252 e. The predicted molar refractivity (Wildman–Crippen MR) is 75.6 cm³/mol. The van der Waals surface area contributed by atoms with Gasteiger partial charge in [0.15, 0.2) is 0 Å². The number of nitrogens with one attached hydrogen (secondary N) is 3. The second-order valence-electron chi connectivity index (χ2n) is 4.39. The lowest BCUT2D eigenvalue weighted by molar-refractivity contribution is 0.637. The van der Waals surface area contributed by atoms with Gasteiger partial charge in [0.05, 0.1) is 0 Å². The van der Waals surface area contributed by atoms with Crippen molar-refractivity contribution >= 4 is 11.6 Å². The molecule has 2 aromatic rings. The van der Waals surface area contributed by atoms with Crippen molar-refractivity contribution in [3.05, 3.63) is 51.9 Å². The summed E-state index contributed by atoms with van der Waals surface area (Å²) in [6.45, 7) is 3.76. The molecule has 0 aliphatic rings. The second kappa shape index (κ2) is 5.53. The Morgan fingerprint density at radius 1 is 1.32 bits per heavy atom. The fourth-order valence-electron chi connectivity index (χ4n) is 1.68. The molecule has 0 spiro atoms. The highest BCUT2D eigenvalue weighted by Gasteiger charge is 2.05. The molecule has 0 saturated heterocycles. The normalized spacial score (nSPS) is 12.1. The van der Waals surface area contributed by atoms with Crippen LogP contribution in [-0.2, 0) is 0 Å². The van der Waals surface area contributed by atoms with Gasteiger partial charge in [-0.25, -0.2) is 10.4 Å². The average Bonchev–Trinajstić information content (AvgIpc) is 2.36. The summed E-state index contributed by atoms with van der Waals surface area (Å²) in [6.07, 6.45) is 0. The van der Waals surface area contributed by atoms with E-state index < -0.39 is 0 Å². The summed E-state index contributed by atoms with van der Waals surface area (Å²) in [5, 5.41) is 0. The van der Waals surface area contributed by atoms with Crippen LogP contribution >= 0.6 is 0 Å². The van der Waals surface area contributed by atoms with E-state index in [4.69, 9.17) is 5.73 Å². The molecule has 1 unspecified atom stereocenters. The van der Waals surface area contributed by atoms with Gasteiger partial charge < -0.3 is 5.73 Å². The zero-order chi connectivity index (χ0) is 13.8. The Hall–Kier alpha value is -2.34.